The molecule has 3 aliphatic heterocycles. The number of aliphatic hydroxyl groups is 2. The minimum atomic E-state index is -0.461. The molecule has 3 fully saturated rings. The molecule has 7 heterocycles. The van der Waals surface area contributed by atoms with Crippen LogP contribution in [-0.2, 0) is 15.7 Å². The Morgan fingerprint density at radius 1 is 0.706 bits per heavy atom. The Bertz CT molecular complexity index is 2900. The van der Waals surface area contributed by atoms with Crippen LogP contribution in [0.4, 0.5) is 5.69 Å². The third-order valence-electron chi connectivity index (χ3n) is 14.9. The van der Waals surface area contributed by atoms with Crippen molar-refractivity contribution in [1.82, 2.24) is 19.1 Å². The average Bonchev–Trinajstić information content (AvgIpc) is 3.96. The molecular weight excluding hydrogens is 921 g/mol. The standard InChI is InChI=1S/C24H25N3O2.C22H29BN2O3.C7H7BrN2O/c1-15-9-23-20(10-17(15)11-25)22(14-27(23)18-4-6-19(28)7-5-18)21-13-26-12-16-3-2-8-29-24(16)21;1-14-10-20-18(11-15(14)12-24)19(23-27-21(2,3)22(4,5)28-23)13-25(20)16-6-8-17(26)9-7-16;8-5-3-9-4-6-7(5)11-2-1-10-6/h9-10,12-14,18-19,28H,2-8H2,1H3;10-11,13,16-17,26H,6-9H2,1-5H3;3-4,10H,1-2H2. The topological polar surface area (TPSA) is 173 Å². The number of anilines is 1. The third-order valence-corrected chi connectivity index (χ3v) is 15.4. The molecular formula is C53H61BBrN7O6. The summed E-state index contributed by atoms with van der Waals surface area (Å²) in [7, 11) is -0.461. The predicted octanol–water partition coefficient (Wildman–Crippen LogP) is 9.93. The summed E-state index contributed by atoms with van der Waals surface area (Å²) in [6.07, 6.45) is 20.4. The van der Waals surface area contributed by atoms with Crippen molar-refractivity contribution in [3.63, 3.8) is 0 Å². The lowest BCUT2D eigenvalue weighted by molar-refractivity contribution is 0.00578. The Hall–Kier alpha value is -5.42. The van der Waals surface area contributed by atoms with E-state index < -0.39 is 18.3 Å². The molecule has 0 radical (unpaired) electrons. The highest BCUT2D eigenvalue weighted by Crippen LogP contribution is 2.44. The molecule has 2 saturated carbocycles. The number of halogens is 1. The van der Waals surface area contributed by atoms with Crippen LogP contribution in [0.1, 0.15) is 125 Å². The van der Waals surface area contributed by atoms with Crippen molar-refractivity contribution in [2.75, 3.05) is 25.1 Å². The van der Waals surface area contributed by atoms with Crippen molar-refractivity contribution >= 4 is 56.0 Å². The smallest absolute Gasteiger partial charge is 0.493 e. The van der Waals surface area contributed by atoms with Crippen LogP contribution < -0.4 is 20.3 Å². The van der Waals surface area contributed by atoms with E-state index in [9.17, 15) is 20.7 Å². The molecule has 3 N–H and O–H groups in total. The zero-order valence-electron chi connectivity index (χ0n) is 39.9. The average molecular weight is 983 g/mol. The monoisotopic (exact) mass is 981 g/mol. The molecule has 15 heteroatoms. The molecule has 11 rings (SSSR count). The first-order valence-corrected chi connectivity index (χ1v) is 24.9. The summed E-state index contributed by atoms with van der Waals surface area (Å²) in [5.74, 6) is 1.80. The second-order valence-corrected chi connectivity index (χ2v) is 20.8. The maximum atomic E-state index is 9.95. The van der Waals surface area contributed by atoms with Crippen LogP contribution in [0, 0.1) is 36.5 Å². The molecule has 6 aromatic rings. The highest BCUT2D eigenvalue weighted by Gasteiger charge is 2.52. The van der Waals surface area contributed by atoms with E-state index in [1.807, 2.05) is 38.4 Å². The van der Waals surface area contributed by atoms with Gasteiger partial charge in [0.05, 0.1) is 69.6 Å². The number of nitrogens with one attached hydrogen (secondary N) is 1. The second-order valence-electron chi connectivity index (χ2n) is 19.9. The molecule has 1 saturated heterocycles. The Morgan fingerprint density at radius 2 is 1.26 bits per heavy atom. The fraction of sp³-hybridized carbons (Fsp3) is 0.472. The van der Waals surface area contributed by atoms with Gasteiger partial charge in [0.2, 0.25) is 0 Å². The Balaban J connectivity index is 0.000000139. The van der Waals surface area contributed by atoms with Gasteiger partial charge in [-0.15, -0.1) is 0 Å². The van der Waals surface area contributed by atoms with Crippen molar-refractivity contribution in [2.24, 2.45) is 0 Å². The van der Waals surface area contributed by atoms with Crippen molar-refractivity contribution in [2.45, 2.75) is 141 Å². The molecule has 13 nitrogen and oxygen atoms in total. The highest BCUT2D eigenvalue weighted by molar-refractivity contribution is 9.10. The maximum Gasteiger partial charge on any atom is 0.497 e. The van der Waals surface area contributed by atoms with Crippen LogP contribution >= 0.6 is 15.9 Å². The number of benzene rings is 2. The molecule has 68 heavy (non-hydrogen) atoms. The first kappa shape index (κ1) is 47.6. The number of pyridine rings is 2. The lowest BCUT2D eigenvalue weighted by Gasteiger charge is -2.32. The number of hydrogen-bond donors (Lipinski definition) is 3. The number of fused-ring (bicyclic) bond motifs is 4. The summed E-state index contributed by atoms with van der Waals surface area (Å²) in [6.45, 7) is 14.5. The summed E-state index contributed by atoms with van der Waals surface area (Å²) in [5.41, 5.74) is 9.98. The number of rotatable bonds is 4. The van der Waals surface area contributed by atoms with Gasteiger partial charge >= 0.3 is 7.12 Å². The summed E-state index contributed by atoms with van der Waals surface area (Å²) in [4.78, 5) is 8.49. The predicted molar refractivity (Wildman–Crippen MR) is 268 cm³/mol. The Labute approximate surface area is 407 Å². The molecule has 2 aliphatic carbocycles. The minimum absolute atomic E-state index is 0.182. The molecule has 0 atom stereocenters. The molecule has 5 aliphatic rings. The third kappa shape index (κ3) is 9.36. The van der Waals surface area contributed by atoms with Crippen LogP contribution in [0.3, 0.4) is 0 Å². The number of aromatic nitrogens is 4. The van der Waals surface area contributed by atoms with Crippen molar-refractivity contribution in [3.05, 3.63) is 93.7 Å². The van der Waals surface area contributed by atoms with E-state index in [4.69, 9.17) is 18.8 Å². The fourth-order valence-corrected chi connectivity index (χ4v) is 10.7. The lowest BCUT2D eigenvalue weighted by atomic mass is 9.78. The first-order valence-electron chi connectivity index (χ1n) is 24.1. The van der Waals surface area contributed by atoms with Crippen molar-refractivity contribution in [3.8, 4) is 34.8 Å². The van der Waals surface area contributed by atoms with E-state index in [1.165, 1.54) is 0 Å². The van der Waals surface area contributed by atoms with Gasteiger partial charge in [0.25, 0.3) is 0 Å². The van der Waals surface area contributed by atoms with Crippen LogP contribution in [0.25, 0.3) is 32.9 Å². The number of ether oxygens (including phenoxy) is 2. The van der Waals surface area contributed by atoms with Gasteiger partial charge in [0.15, 0.2) is 5.75 Å². The number of hydrogen-bond acceptors (Lipinski definition) is 11. The summed E-state index contributed by atoms with van der Waals surface area (Å²) in [6, 6.07) is 13.6. The van der Waals surface area contributed by atoms with E-state index in [-0.39, 0.29) is 12.2 Å². The van der Waals surface area contributed by atoms with E-state index in [0.717, 1.165) is 161 Å². The molecule has 4 aromatic heterocycles. The molecule has 2 aromatic carbocycles. The molecule has 0 amide bonds. The van der Waals surface area contributed by atoms with Gasteiger partial charge < -0.3 is 43.4 Å². The number of nitriles is 2. The second kappa shape index (κ2) is 19.5. The summed E-state index contributed by atoms with van der Waals surface area (Å²) >= 11 is 3.35. The van der Waals surface area contributed by atoms with Gasteiger partial charge in [0.1, 0.15) is 12.4 Å². The van der Waals surface area contributed by atoms with Crippen molar-refractivity contribution in [1.29, 1.82) is 10.5 Å². The van der Waals surface area contributed by atoms with Gasteiger partial charge in [-0.2, -0.15) is 10.5 Å². The van der Waals surface area contributed by atoms with E-state index >= 15 is 0 Å². The summed E-state index contributed by atoms with van der Waals surface area (Å²) in [5, 5.41) is 44.3. The van der Waals surface area contributed by atoms with Gasteiger partial charge in [-0.1, -0.05) is 0 Å². The molecule has 0 bridgehead atoms. The Morgan fingerprint density at radius 3 is 1.87 bits per heavy atom. The van der Waals surface area contributed by atoms with Gasteiger partial charge in [0, 0.05) is 93.6 Å². The van der Waals surface area contributed by atoms with E-state index in [2.05, 4.69) is 105 Å². The first-order chi connectivity index (χ1) is 32.7. The lowest BCUT2D eigenvalue weighted by Crippen LogP contribution is -2.41. The number of nitrogens with zero attached hydrogens (tertiary/aromatic N) is 6. The van der Waals surface area contributed by atoms with E-state index in [0.29, 0.717) is 23.2 Å². The van der Waals surface area contributed by atoms with Gasteiger partial charge in [-0.3, -0.25) is 9.97 Å². The Kier molecular flexibility index (Phi) is 13.7. The fourth-order valence-electron chi connectivity index (χ4n) is 10.2. The number of aliphatic hydroxyl groups excluding tert-OH is 2. The van der Waals surface area contributed by atoms with Crippen molar-refractivity contribution < 1.29 is 29.0 Å². The molecule has 0 spiro atoms. The highest BCUT2D eigenvalue weighted by atomic mass is 79.9. The number of aryl methyl sites for hydroxylation is 3. The van der Waals surface area contributed by atoms with E-state index in [1.54, 1.807) is 12.4 Å². The van der Waals surface area contributed by atoms with Crippen LogP contribution in [0.2, 0.25) is 0 Å². The quantitative estimate of drug-likeness (QED) is 0.144. The normalized spacial score (nSPS) is 22.4. The molecule has 0 unspecified atom stereocenters. The maximum absolute atomic E-state index is 9.95. The largest absolute Gasteiger partial charge is 0.497 e. The van der Waals surface area contributed by atoms with Crippen LogP contribution in [0.15, 0.2) is 65.9 Å². The van der Waals surface area contributed by atoms with Gasteiger partial charge in [-0.05, 0) is 157 Å². The summed E-state index contributed by atoms with van der Waals surface area (Å²) < 4.78 is 29.7. The zero-order chi connectivity index (χ0) is 47.9. The van der Waals surface area contributed by atoms with Crippen LogP contribution in [0.5, 0.6) is 11.5 Å². The SMILES string of the molecule is Brc1cncc2c1OCCN2.Cc1cc2c(cc1C#N)c(-c1cncc3c1OCCC3)cn2C1CCC(O)CC1.Cc1cc2c(cc1C#N)c(B1OC(C)(C)C(C)(C)O1)cn2C1CCC(O)CC1. The minimum Gasteiger partial charge on any atom is -0.493 e. The molecule has 354 valence electrons. The van der Waals surface area contributed by atoms with Gasteiger partial charge in [-0.25, -0.2) is 0 Å². The zero-order valence-corrected chi connectivity index (χ0v) is 41.5. The van der Waals surface area contributed by atoms with Crippen LogP contribution in [-0.4, -0.2) is 79.6 Å².